The highest BCUT2D eigenvalue weighted by Gasteiger charge is 2.33. The highest BCUT2D eigenvalue weighted by Crippen LogP contribution is 2.29. The molecule has 3 rings (SSSR count). The Labute approximate surface area is 179 Å². The number of benzene rings is 1. The first-order valence-electron chi connectivity index (χ1n) is 9.45. The molecular formula is C18H23F3N4O4S2. The minimum atomic E-state index is -4.50. The van der Waals surface area contributed by atoms with Gasteiger partial charge in [0.05, 0.1) is 11.3 Å². The van der Waals surface area contributed by atoms with E-state index in [0.29, 0.717) is 5.82 Å². The zero-order valence-electron chi connectivity index (χ0n) is 17.0. The predicted molar refractivity (Wildman–Crippen MR) is 107 cm³/mol. The molecule has 1 aliphatic heterocycles. The van der Waals surface area contributed by atoms with Crippen LogP contribution in [-0.2, 0) is 39.0 Å². The molecule has 1 aliphatic rings. The number of alkyl halides is 3. The van der Waals surface area contributed by atoms with Crippen LogP contribution in [0.2, 0.25) is 0 Å². The number of aromatic nitrogens is 2. The molecule has 31 heavy (non-hydrogen) atoms. The summed E-state index contributed by atoms with van der Waals surface area (Å²) in [5.41, 5.74) is -0.625. The van der Waals surface area contributed by atoms with Crippen molar-refractivity contribution < 1.29 is 30.0 Å². The Morgan fingerprint density at radius 3 is 2.10 bits per heavy atom. The van der Waals surface area contributed by atoms with Gasteiger partial charge in [-0.15, -0.1) is 0 Å². The van der Waals surface area contributed by atoms with Crippen molar-refractivity contribution >= 4 is 20.0 Å². The molecule has 172 valence electrons. The molecule has 0 atom stereocenters. The monoisotopic (exact) mass is 480 g/mol. The number of sulfonamides is 2. The lowest BCUT2D eigenvalue weighted by atomic mass is 10.1. The van der Waals surface area contributed by atoms with Crippen molar-refractivity contribution in [1.82, 2.24) is 18.2 Å². The number of aryl methyl sites for hydroxylation is 2. The maximum absolute atomic E-state index is 12.9. The minimum Gasteiger partial charge on any atom is -0.337 e. The van der Waals surface area contributed by atoms with Gasteiger partial charge in [0.25, 0.3) is 10.0 Å². The molecule has 0 unspecified atom stereocenters. The summed E-state index contributed by atoms with van der Waals surface area (Å²) in [6, 6.07) is 3.96. The largest absolute Gasteiger partial charge is 0.416 e. The SMILES string of the molecule is Cc1nc(S(=O)(=O)N2CCCN(S(=O)(=O)Cc3ccc(C(F)(F)F)cc3)CC2)cn1C. The van der Waals surface area contributed by atoms with E-state index in [1.807, 2.05) is 0 Å². The molecule has 0 N–H and O–H groups in total. The number of hydrogen-bond donors (Lipinski definition) is 0. The molecule has 2 aromatic rings. The molecule has 0 radical (unpaired) electrons. The quantitative estimate of drug-likeness (QED) is 0.653. The molecule has 13 heteroatoms. The molecule has 0 saturated carbocycles. The van der Waals surface area contributed by atoms with Gasteiger partial charge in [0.1, 0.15) is 5.82 Å². The molecule has 1 aromatic heterocycles. The standard InChI is InChI=1S/C18H23F3N4O4S2/c1-14-22-17(12-23(14)2)31(28,29)25-9-3-8-24(10-11-25)30(26,27)13-15-4-6-16(7-5-15)18(19,20)21/h4-7,12H,3,8-11,13H2,1-2H3. The first kappa shape index (κ1) is 23.7. The lowest BCUT2D eigenvalue weighted by Crippen LogP contribution is -2.38. The van der Waals surface area contributed by atoms with E-state index in [-0.39, 0.29) is 43.2 Å². The number of imidazole rings is 1. The Balaban J connectivity index is 1.70. The van der Waals surface area contributed by atoms with E-state index in [1.54, 1.807) is 18.5 Å². The number of hydrogen-bond acceptors (Lipinski definition) is 5. The van der Waals surface area contributed by atoms with Crippen LogP contribution in [0.1, 0.15) is 23.4 Å². The summed E-state index contributed by atoms with van der Waals surface area (Å²) in [4.78, 5) is 4.06. The number of rotatable bonds is 5. The van der Waals surface area contributed by atoms with Gasteiger partial charge in [-0.25, -0.2) is 26.1 Å². The van der Waals surface area contributed by atoms with E-state index in [2.05, 4.69) is 4.98 Å². The fraction of sp³-hybridized carbons (Fsp3) is 0.500. The summed E-state index contributed by atoms with van der Waals surface area (Å²) in [6.45, 7) is 1.86. The summed E-state index contributed by atoms with van der Waals surface area (Å²) in [5, 5.41) is -0.0893. The third-order valence-corrected chi connectivity index (χ3v) is 8.75. The van der Waals surface area contributed by atoms with Gasteiger partial charge in [-0.3, -0.25) is 0 Å². The summed E-state index contributed by atoms with van der Waals surface area (Å²) in [7, 11) is -6.01. The molecule has 8 nitrogen and oxygen atoms in total. The Bertz CT molecular complexity index is 1120. The van der Waals surface area contributed by atoms with Crippen molar-refractivity contribution in [1.29, 1.82) is 0 Å². The summed E-state index contributed by atoms with van der Waals surface area (Å²) in [5.74, 6) is 0.0753. The molecule has 1 aromatic carbocycles. The average Bonchev–Trinajstić information content (AvgIpc) is 2.87. The van der Waals surface area contributed by atoms with Crippen molar-refractivity contribution in [2.45, 2.75) is 30.3 Å². The highest BCUT2D eigenvalue weighted by molar-refractivity contribution is 7.89. The van der Waals surface area contributed by atoms with Crippen molar-refractivity contribution in [3.8, 4) is 0 Å². The third kappa shape index (κ3) is 5.27. The van der Waals surface area contributed by atoms with Crippen LogP contribution in [0.5, 0.6) is 0 Å². The smallest absolute Gasteiger partial charge is 0.337 e. The van der Waals surface area contributed by atoms with Crippen LogP contribution in [0.25, 0.3) is 0 Å². The molecular weight excluding hydrogens is 457 g/mol. The molecule has 0 bridgehead atoms. The summed E-state index contributed by atoms with van der Waals surface area (Å²) in [6.07, 6.45) is -2.80. The van der Waals surface area contributed by atoms with E-state index in [4.69, 9.17) is 0 Å². The van der Waals surface area contributed by atoms with Crippen molar-refractivity contribution in [3.05, 3.63) is 47.4 Å². The normalized spacial score (nSPS) is 17.6. The topological polar surface area (TPSA) is 92.6 Å². The molecule has 2 heterocycles. The van der Waals surface area contributed by atoms with E-state index in [1.165, 1.54) is 14.8 Å². The average molecular weight is 481 g/mol. The Morgan fingerprint density at radius 1 is 0.968 bits per heavy atom. The zero-order chi connectivity index (χ0) is 23.0. The molecule has 0 amide bonds. The maximum Gasteiger partial charge on any atom is 0.416 e. The second kappa shape index (κ2) is 8.52. The molecule has 1 saturated heterocycles. The van der Waals surface area contributed by atoms with Gasteiger partial charge in [-0.05, 0) is 31.0 Å². The van der Waals surface area contributed by atoms with Gasteiger partial charge in [-0.2, -0.15) is 17.5 Å². The summed E-state index contributed by atoms with van der Waals surface area (Å²) < 4.78 is 93.3. The van der Waals surface area contributed by atoms with Gasteiger partial charge < -0.3 is 4.57 Å². The second-order valence-corrected chi connectivity index (χ2v) is 11.2. The maximum atomic E-state index is 12.9. The molecule has 0 spiro atoms. The fourth-order valence-corrected chi connectivity index (χ4v) is 6.32. The van der Waals surface area contributed by atoms with Crippen LogP contribution in [-0.4, -0.2) is 61.2 Å². The fourth-order valence-electron chi connectivity index (χ4n) is 3.26. The number of nitrogens with zero attached hydrogens (tertiary/aromatic N) is 4. The van der Waals surface area contributed by atoms with Crippen LogP contribution in [0.15, 0.2) is 35.5 Å². The summed E-state index contributed by atoms with van der Waals surface area (Å²) >= 11 is 0. The van der Waals surface area contributed by atoms with Crippen molar-refractivity contribution in [2.75, 3.05) is 26.2 Å². The second-order valence-electron chi connectivity index (χ2n) is 7.34. The Morgan fingerprint density at radius 2 is 1.55 bits per heavy atom. The van der Waals surface area contributed by atoms with Crippen LogP contribution >= 0.6 is 0 Å². The van der Waals surface area contributed by atoms with Crippen LogP contribution in [0.4, 0.5) is 13.2 Å². The third-order valence-electron chi connectivity index (χ3n) is 5.13. The first-order valence-corrected chi connectivity index (χ1v) is 12.5. The lowest BCUT2D eigenvalue weighted by molar-refractivity contribution is -0.137. The van der Waals surface area contributed by atoms with E-state index in [0.717, 1.165) is 24.3 Å². The van der Waals surface area contributed by atoms with Gasteiger partial charge in [-0.1, -0.05) is 12.1 Å². The Hall–Kier alpha value is -1.96. The Kier molecular flexibility index (Phi) is 6.52. The van der Waals surface area contributed by atoms with E-state index >= 15 is 0 Å². The number of halogens is 3. The van der Waals surface area contributed by atoms with Crippen molar-refractivity contribution in [2.24, 2.45) is 7.05 Å². The van der Waals surface area contributed by atoms with Gasteiger partial charge in [0.2, 0.25) is 10.0 Å². The van der Waals surface area contributed by atoms with E-state index in [9.17, 15) is 30.0 Å². The van der Waals surface area contributed by atoms with Crippen LogP contribution < -0.4 is 0 Å². The van der Waals surface area contributed by atoms with Gasteiger partial charge in [0, 0.05) is 39.4 Å². The van der Waals surface area contributed by atoms with Crippen LogP contribution in [0.3, 0.4) is 0 Å². The van der Waals surface area contributed by atoms with Crippen molar-refractivity contribution in [3.63, 3.8) is 0 Å². The predicted octanol–water partition coefficient (Wildman–Crippen LogP) is 1.97. The van der Waals surface area contributed by atoms with E-state index < -0.39 is 37.5 Å². The lowest BCUT2D eigenvalue weighted by Gasteiger charge is -2.21. The van der Waals surface area contributed by atoms with Gasteiger partial charge >= 0.3 is 6.18 Å². The zero-order valence-corrected chi connectivity index (χ0v) is 18.6. The van der Waals surface area contributed by atoms with Crippen LogP contribution in [0, 0.1) is 6.92 Å². The minimum absolute atomic E-state index is 0.0375. The highest BCUT2D eigenvalue weighted by atomic mass is 32.2. The molecule has 1 fully saturated rings. The van der Waals surface area contributed by atoms with Gasteiger partial charge in [0.15, 0.2) is 5.03 Å². The molecule has 0 aliphatic carbocycles. The first-order chi connectivity index (χ1) is 14.3.